The summed E-state index contributed by atoms with van der Waals surface area (Å²) in [5.74, 6) is 0.138. The Kier molecular flexibility index (Phi) is 5.69. The van der Waals surface area contributed by atoms with Crippen LogP contribution in [0.2, 0.25) is 0 Å². The van der Waals surface area contributed by atoms with E-state index < -0.39 is 0 Å². The molecule has 0 aromatic rings. The second-order valence-electron chi connectivity index (χ2n) is 4.50. The maximum atomic E-state index is 11.5. The Morgan fingerprint density at radius 2 is 2.19 bits per heavy atom. The smallest absolute Gasteiger partial charge is 0.234 e. The van der Waals surface area contributed by atoms with Gasteiger partial charge >= 0.3 is 0 Å². The lowest BCUT2D eigenvalue weighted by molar-refractivity contribution is -0.122. The number of unbranched alkanes of at least 4 members (excludes halogenated alkanes) is 1. The number of hydrogen-bond acceptors (Lipinski definition) is 3. The maximum Gasteiger partial charge on any atom is 0.234 e. The molecule has 4 nitrogen and oxygen atoms in total. The van der Waals surface area contributed by atoms with Gasteiger partial charge in [0.2, 0.25) is 5.91 Å². The quantitative estimate of drug-likeness (QED) is 0.485. The van der Waals surface area contributed by atoms with E-state index in [1.165, 1.54) is 0 Å². The van der Waals surface area contributed by atoms with E-state index in [4.69, 9.17) is 18.0 Å². The van der Waals surface area contributed by atoms with Gasteiger partial charge in [-0.15, -0.1) is 0 Å². The molecule has 1 rings (SSSR count). The molecule has 0 spiro atoms. The fourth-order valence-electron chi connectivity index (χ4n) is 1.51. The standard InChI is InChI=1S/C11H21N3OS/c1-14(7-3-2-4-10(12)16)8-11(15)13-9-5-6-9/h9H,2-8H2,1H3,(H2,12,16)(H,13,15). The molecule has 1 aliphatic rings. The highest BCUT2D eigenvalue weighted by atomic mass is 32.1. The molecule has 0 unspecified atom stereocenters. The first-order chi connectivity index (χ1) is 7.58. The van der Waals surface area contributed by atoms with Gasteiger partial charge in [0.05, 0.1) is 11.5 Å². The van der Waals surface area contributed by atoms with Crippen molar-refractivity contribution < 1.29 is 4.79 Å². The summed E-state index contributed by atoms with van der Waals surface area (Å²) in [5.41, 5.74) is 5.41. The van der Waals surface area contributed by atoms with Gasteiger partial charge in [0.15, 0.2) is 0 Å². The highest BCUT2D eigenvalue weighted by Crippen LogP contribution is 2.18. The third-order valence-corrected chi connectivity index (χ3v) is 2.77. The number of carbonyl (C=O) groups excluding carboxylic acids is 1. The van der Waals surface area contributed by atoms with Crippen LogP contribution in [0.3, 0.4) is 0 Å². The van der Waals surface area contributed by atoms with Crippen molar-refractivity contribution in [1.82, 2.24) is 10.2 Å². The number of thiocarbonyl (C=S) groups is 1. The van der Waals surface area contributed by atoms with Gasteiger partial charge in [0, 0.05) is 6.04 Å². The zero-order valence-corrected chi connectivity index (χ0v) is 10.7. The third kappa shape index (κ3) is 6.74. The van der Waals surface area contributed by atoms with E-state index in [-0.39, 0.29) is 5.91 Å². The van der Waals surface area contributed by atoms with Crippen LogP contribution in [0.25, 0.3) is 0 Å². The van der Waals surface area contributed by atoms with E-state index in [2.05, 4.69) is 5.32 Å². The Morgan fingerprint density at radius 1 is 1.50 bits per heavy atom. The van der Waals surface area contributed by atoms with Gasteiger partial charge in [-0.25, -0.2) is 0 Å². The number of rotatable bonds is 8. The van der Waals surface area contributed by atoms with E-state index in [0.717, 1.165) is 38.6 Å². The molecule has 0 atom stereocenters. The molecule has 1 amide bonds. The average Bonchev–Trinajstić information content (AvgIpc) is 2.95. The first kappa shape index (κ1) is 13.4. The van der Waals surface area contributed by atoms with E-state index in [9.17, 15) is 4.79 Å². The Labute approximate surface area is 103 Å². The third-order valence-electron chi connectivity index (χ3n) is 2.57. The van der Waals surface area contributed by atoms with Crippen molar-refractivity contribution in [2.45, 2.75) is 38.1 Å². The summed E-state index contributed by atoms with van der Waals surface area (Å²) in [5, 5.41) is 2.97. The van der Waals surface area contributed by atoms with Crippen LogP contribution in [0.4, 0.5) is 0 Å². The summed E-state index contributed by atoms with van der Waals surface area (Å²) in [6.45, 7) is 1.41. The molecule has 16 heavy (non-hydrogen) atoms. The van der Waals surface area contributed by atoms with Gasteiger partial charge in [-0.1, -0.05) is 12.2 Å². The molecule has 0 bridgehead atoms. The number of amides is 1. The van der Waals surface area contributed by atoms with Crippen molar-refractivity contribution in [3.05, 3.63) is 0 Å². The normalized spacial score (nSPS) is 15.1. The lowest BCUT2D eigenvalue weighted by Gasteiger charge is -2.15. The summed E-state index contributed by atoms with van der Waals surface area (Å²) >= 11 is 4.80. The Morgan fingerprint density at radius 3 is 2.75 bits per heavy atom. The van der Waals surface area contributed by atoms with Gasteiger partial charge in [0.25, 0.3) is 0 Å². The maximum absolute atomic E-state index is 11.5. The lowest BCUT2D eigenvalue weighted by atomic mass is 10.2. The van der Waals surface area contributed by atoms with Gasteiger partial charge in [-0.3, -0.25) is 9.69 Å². The van der Waals surface area contributed by atoms with Crippen LogP contribution in [-0.2, 0) is 4.79 Å². The van der Waals surface area contributed by atoms with Crippen molar-refractivity contribution in [2.75, 3.05) is 20.1 Å². The number of nitrogens with two attached hydrogens (primary N) is 1. The Balaban J connectivity index is 1.98. The summed E-state index contributed by atoms with van der Waals surface area (Å²) in [4.78, 5) is 14.1. The minimum absolute atomic E-state index is 0.138. The molecule has 0 radical (unpaired) electrons. The van der Waals surface area contributed by atoms with Crippen LogP contribution in [0, 0.1) is 0 Å². The molecular weight excluding hydrogens is 222 g/mol. The van der Waals surface area contributed by atoms with Gasteiger partial charge in [0.1, 0.15) is 0 Å². The van der Waals surface area contributed by atoms with Crippen molar-refractivity contribution in [1.29, 1.82) is 0 Å². The summed E-state index contributed by atoms with van der Waals surface area (Å²) in [6, 6.07) is 0.454. The van der Waals surface area contributed by atoms with Crippen LogP contribution in [0.5, 0.6) is 0 Å². The van der Waals surface area contributed by atoms with E-state index in [0.29, 0.717) is 17.6 Å². The number of hydrogen-bond donors (Lipinski definition) is 2. The molecule has 92 valence electrons. The minimum atomic E-state index is 0.138. The molecule has 0 aliphatic heterocycles. The van der Waals surface area contributed by atoms with Crippen LogP contribution < -0.4 is 11.1 Å². The van der Waals surface area contributed by atoms with Gasteiger partial charge in [-0.05, 0) is 45.7 Å². The summed E-state index contributed by atoms with van der Waals surface area (Å²) < 4.78 is 0. The minimum Gasteiger partial charge on any atom is -0.393 e. The fourth-order valence-corrected chi connectivity index (χ4v) is 1.65. The predicted octanol–water partition coefficient (Wildman–Crippen LogP) is 0.653. The molecule has 5 heteroatoms. The first-order valence-electron chi connectivity index (χ1n) is 5.84. The molecule has 0 heterocycles. The zero-order valence-electron chi connectivity index (χ0n) is 9.87. The topological polar surface area (TPSA) is 58.4 Å². The predicted molar refractivity (Wildman–Crippen MR) is 69.3 cm³/mol. The zero-order chi connectivity index (χ0) is 12.0. The van der Waals surface area contributed by atoms with E-state index >= 15 is 0 Å². The molecule has 3 N–H and O–H groups in total. The van der Waals surface area contributed by atoms with Crippen LogP contribution in [0.1, 0.15) is 32.1 Å². The number of nitrogens with zero attached hydrogens (tertiary/aromatic N) is 1. The van der Waals surface area contributed by atoms with Crippen molar-refractivity contribution in [2.24, 2.45) is 5.73 Å². The highest BCUT2D eigenvalue weighted by molar-refractivity contribution is 7.80. The molecule has 1 saturated carbocycles. The van der Waals surface area contributed by atoms with Gasteiger partial charge < -0.3 is 11.1 Å². The SMILES string of the molecule is CN(CCCCC(N)=S)CC(=O)NC1CC1. The second kappa shape index (κ2) is 6.81. The lowest BCUT2D eigenvalue weighted by Crippen LogP contribution is -2.36. The monoisotopic (exact) mass is 243 g/mol. The Hall–Kier alpha value is -0.680. The van der Waals surface area contributed by atoms with E-state index in [1.807, 2.05) is 11.9 Å². The number of carbonyl (C=O) groups is 1. The van der Waals surface area contributed by atoms with Crippen molar-refractivity contribution in [3.63, 3.8) is 0 Å². The fraction of sp³-hybridized carbons (Fsp3) is 0.818. The number of likely N-dealkylation sites (N-methyl/N-ethyl adjacent to an activating group) is 1. The molecule has 0 aromatic carbocycles. The molecule has 0 aromatic heterocycles. The molecule has 0 saturated heterocycles. The molecule has 1 fully saturated rings. The molecule has 1 aliphatic carbocycles. The average molecular weight is 243 g/mol. The van der Waals surface area contributed by atoms with Crippen molar-refractivity contribution >= 4 is 23.1 Å². The van der Waals surface area contributed by atoms with Gasteiger partial charge in [-0.2, -0.15) is 0 Å². The molecular formula is C11H21N3OS. The van der Waals surface area contributed by atoms with Crippen LogP contribution >= 0.6 is 12.2 Å². The number of nitrogens with one attached hydrogen (secondary N) is 1. The first-order valence-corrected chi connectivity index (χ1v) is 6.25. The van der Waals surface area contributed by atoms with Crippen LogP contribution in [-0.4, -0.2) is 42.0 Å². The largest absolute Gasteiger partial charge is 0.393 e. The van der Waals surface area contributed by atoms with Crippen LogP contribution in [0.15, 0.2) is 0 Å². The summed E-state index contributed by atoms with van der Waals surface area (Å²) in [6.07, 6.45) is 5.12. The van der Waals surface area contributed by atoms with E-state index in [1.54, 1.807) is 0 Å². The summed E-state index contributed by atoms with van der Waals surface area (Å²) in [7, 11) is 1.97. The second-order valence-corrected chi connectivity index (χ2v) is 5.03. The Bertz CT molecular complexity index is 254. The highest BCUT2D eigenvalue weighted by Gasteiger charge is 2.23. The van der Waals surface area contributed by atoms with Crippen molar-refractivity contribution in [3.8, 4) is 0 Å².